The summed E-state index contributed by atoms with van der Waals surface area (Å²) in [7, 11) is 0. The van der Waals surface area contributed by atoms with E-state index < -0.39 is 37.0 Å². The van der Waals surface area contributed by atoms with E-state index in [1.807, 2.05) is 0 Å². The number of aromatic nitrogens is 2. The maximum atomic E-state index is 12.9. The summed E-state index contributed by atoms with van der Waals surface area (Å²) in [5, 5.41) is 18.8. The van der Waals surface area contributed by atoms with Crippen LogP contribution in [-0.4, -0.2) is 45.1 Å². The van der Waals surface area contributed by atoms with Gasteiger partial charge in [0, 0.05) is 11.1 Å². The Morgan fingerprint density at radius 2 is 2.12 bits per heavy atom. The standard InChI is InChI=1S/C16H21FN4O4/c1-16(2,3)25-15(24)20-12(8-22)14(23)19-11-5-4-10-7-18-21(9-17)13(10)6-11/h4-7,12,22H,8-9H2,1-3H3,(H,19,23)(H,20,24)/t12-/m0/s1. The molecule has 0 aliphatic carbocycles. The molecular formula is C16H21FN4O4. The molecular weight excluding hydrogens is 331 g/mol. The highest BCUT2D eigenvalue weighted by Crippen LogP contribution is 2.19. The Kier molecular flexibility index (Phi) is 5.58. The molecule has 136 valence electrons. The number of alkyl halides is 1. The molecule has 1 heterocycles. The van der Waals surface area contributed by atoms with Gasteiger partial charge in [-0.15, -0.1) is 0 Å². The normalized spacial score (nSPS) is 12.7. The van der Waals surface area contributed by atoms with Gasteiger partial charge in [0.1, 0.15) is 11.6 Å². The third kappa shape index (κ3) is 4.90. The van der Waals surface area contributed by atoms with Gasteiger partial charge in [-0.25, -0.2) is 13.9 Å². The number of halogens is 1. The molecule has 3 N–H and O–H groups in total. The van der Waals surface area contributed by atoms with Crippen molar-refractivity contribution in [2.75, 3.05) is 11.9 Å². The quantitative estimate of drug-likeness (QED) is 0.761. The molecule has 2 rings (SSSR count). The number of nitrogens with one attached hydrogen (secondary N) is 2. The van der Waals surface area contributed by atoms with Gasteiger partial charge in [0.25, 0.3) is 0 Å². The Morgan fingerprint density at radius 1 is 1.40 bits per heavy atom. The van der Waals surface area contributed by atoms with Crippen LogP contribution >= 0.6 is 0 Å². The van der Waals surface area contributed by atoms with Gasteiger partial charge in [-0.05, 0) is 39.0 Å². The number of rotatable bonds is 5. The Morgan fingerprint density at radius 3 is 2.72 bits per heavy atom. The summed E-state index contributed by atoms with van der Waals surface area (Å²) >= 11 is 0. The van der Waals surface area contributed by atoms with Crippen molar-refractivity contribution in [1.82, 2.24) is 15.1 Å². The van der Waals surface area contributed by atoms with Gasteiger partial charge in [-0.2, -0.15) is 5.10 Å². The molecule has 1 aromatic carbocycles. The van der Waals surface area contributed by atoms with Gasteiger partial charge in [0.2, 0.25) is 5.91 Å². The monoisotopic (exact) mass is 352 g/mol. The number of benzene rings is 1. The number of aliphatic hydroxyl groups excluding tert-OH is 1. The molecule has 25 heavy (non-hydrogen) atoms. The van der Waals surface area contributed by atoms with Crippen molar-refractivity contribution in [1.29, 1.82) is 0 Å². The number of alkyl carbamates (subject to hydrolysis) is 1. The number of amides is 2. The van der Waals surface area contributed by atoms with E-state index in [1.165, 1.54) is 6.20 Å². The number of carbonyl (C=O) groups excluding carboxylic acids is 2. The Balaban J connectivity index is 2.07. The van der Waals surface area contributed by atoms with Gasteiger partial charge in [-0.3, -0.25) is 4.79 Å². The van der Waals surface area contributed by atoms with Crippen LogP contribution in [0.15, 0.2) is 24.4 Å². The number of nitrogens with zero attached hydrogens (tertiary/aromatic N) is 2. The van der Waals surface area contributed by atoms with Crippen LogP contribution in [0.1, 0.15) is 20.8 Å². The predicted octanol–water partition coefficient (Wildman–Crippen LogP) is 1.79. The molecule has 9 heteroatoms. The van der Waals surface area contributed by atoms with Crippen molar-refractivity contribution in [3.8, 4) is 0 Å². The van der Waals surface area contributed by atoms with Gasteiger partial charge < -0.3 is 20.5 Å². The summed E-state index contributed by atoms with van der Waals surface area (Å²) in [6.45, 7) is 3.66. The van der Waals surface area contributed by atoms with E-state index in [1.54, 1.807) is 39.0 Å². The van der Waals surface area contributed by atoms with Crippen LogP contribution < -0.4 is 10.6 Å². The molecule has 0 aliphatic rings. The van der Waals surface area contributed by atoms with Crippen molar-refractivity contribution in [2.45, 2.75) is 39.2 Å². The number of ether oxygens (including phenoxy) is 1. The largest absolute Gasteiger partial charge is 0.444 e. The fraction of sp³-hybridized carbons (Fsp3) is 0.438. The topological polar surface area (TPSA) is 105 Å². The highest BCUT2D eigenvalue weighted by Gasteiger charge is 2.24. The zero-order valence-electron chi connectivity index (χ0n) is 14.2. The van der Waals surface area contributed by atoms with Crippen molar-refractivity contribution >= 4 is 28.6 Å². The van der Waals surface area contributed by atoms with Crippen LogP contribution in [0.5, 0.6) is 0 Å². The van der Waals surface area contributed by atoms with Crippen LogP contribution in [0.3, 0.4) is 0 Å². The maximum absolute atomic E-state index is 12.9. The van der Waals surface area contributed by atoms with Crippen molar-refractivity contribution < 1.29 is 23.8 Å². The number of fused-ring (bicyclic) bond motifs is 1. The van der Waals surface area contributed by atoms with Crippen LogP contribution in [0.4, 0.5) is 14.9 Å². The second-order valence-corrected chi connectivity index (χ2v) is 6.41. The van der Waals surface area contributed by atoms with E-state index in [2.05, 4.69) is 15.7 Å². The first kappa shape index (κ1) is 18.7. The lowest BCUT2D eigenvalue weighted by molar-refractivity contribution is -0.119. The number of aliphatic hydroxyl groups is 1. The fourth-order valence-corrected chi connectivity index (χ4v) is 2.12. The van der Waals surface area contributed by atoms with Gasteiger partial charge in [-0.1, -0.05) is 0 Å². The highest BCUT2D eigenvalue weighted by molar-refractivity contribution is 5.98. The molecule has 1 aromatic heterocycles. The first-order valence-electron chi connectivity index (χ1n) is 7.66. The Bertz CT molecular complexity index is 769. The minimum atomic E-state index is -1.18. The minimum absolute atomic E-state index is 0.386. The van der Waals surface area contributed by atoms with Crippen molar-refractivity contribution in [3.63, 3.8) is 0 Å². The van der Waals surface area contributed by atoms with Crippen molar-refractivity contribution in [3.05, 3.63) is 24.4 Å². The molecule has 2 aromatic rings. The number of carbonyl (C=O) groups is 2. The molecule has 8 nitrogen and oxygen atoms in total. The molecule has 0 unspecified atom stereocenters. The van der Waals surface area contributed by atoms with Gasteiger partial charge >= 0.3 is 6.09 Å². The lowest BCUT2D eigenvalue weighted by atomic mass is 10.2. The first-order chi connectivity index (χ1) is 11.7. The second kappa shape index (κ2) is 7.47. The molecule has 0 saturated carbocycles. The van der Waals surface area contributed by atoms with Crippen molar-refractivity contribution in [2.24, 2.45) is 0 Å². The summed E-state index contributed by atoms with van der Waals surface area (Å²) in [4.78, 5) is 24.0. The number of anilines is 1. The van der Waals surface area contributed by atoms with Gasteiger partial charge in [0.05, 0.1) is 18.3 Å². The second-order valence-electron chi connectivity index (χ2n) is 6.41. The summed E-state index contributed by atoms with van der Waals surface area (Å²) < 4.78 is 19.1. The zero-order chi connectivity index (χ0) is 18.6. The van der Waals surface area contributed by atoms with E-state index in [4.69, 9.17) is 4.74 Å². The molecule has 0 saturated heterocycles. The average Bonchev–Trinajstić information content (AvgIpc) is 2.93. The highest BCUT2D eigenvalue weighted by atomic mass is 19.1. The molecule has 0 spiro atoms. The minimum Gasteiger partial charge on any atom is -0.444 e. The van der Waals surface area contributed by atoms with E-state index in [-0.39, 0.29) is 0 Å². The van der Waals surface area contributed by atoms with Crippen LogP contribution in [0, 0.1) is 0 Å². The average molecular weight is 352 g/mol. The number of hydrogen-bond acceptors (Lipinski definition) is 5. The zero-order valence-corrected chi connectivity index (χ0v) is 14.2. The number of hydrogen-bond donors (Lipinski definition) is 3. The Hall–Kier alpha value is -2.68. The van der Waals surface area contributed by atoms with E-state index in [0.29, 0.717) is 11.2 Å². The van der Waals surface area contributed by atoms with Crippen LogP contribution in [0.25, 0.3) is 10.9 Å². The summed E-state index contributed by atoms with van der Waals surface area (Å²) in [6, 6.07) is 3.67. The molecule has 0 radical (unpaired) electrons. The molecule has 0 aliphatic heterocycles. The third-order valence-corrected chi connectivity index (χ3v) is 3.22. The molecule has 0 bridgehead atoms. The van der Waals surface area contributed by atoms with E-state index in [0.717, 1.165) is 10.1 Å². The Labute approximate surface area is 144 Å². The summed E-state index contributed by atoms with van der Waals surface area (Å²) in [5.74, 6) is -0.626. The van der Waals surface area contributed by atoms with E-state index in [9.17, 15) is 19.1 Å². The lowest BCUT2D eigenvalue weighted by Gasteiger charge is -2.22. The van der Waals surface area contributed by atoms with Crippen LogP contribution in [0.2, 0.25) is 0 Å². The van der Waals surface area contributed by atoms with E-state index >= 15 is 0 Å². The maximum Gasteiger partial charge on any atom is 0.408 e. The lowest BCUT2D eigenvalue weighted by Crippen LogP contribution is -2.47. The van der Waals surface area contributed by atoms with Gasteiger partial charge in [0.15, 0.2) is 6.80 Å². The molecule has 0 fully saturated rings. The fourth-order valence-electron chi connectivity index (χ4n) is 2.12. The molecule has 2 amide bonds. The SMILES string of the molecule is CC(C)(C)OC(=O)N[C@@H](CO)C(=O)Nc1ccc2cnn(CF)c2c1. The third-order valence-electron chi connectivity index (χ3n) is 3.22. The molecule has 1 atom stereocenters. The van der Waals surface area contributed by atoms with Crippen LogP contribution in [-0.2, 0) is 16.3 Å². The summed E-state index contributed by atoms with van der Waals surface area (Å²) in [5.41, 5.74) is 0.175. The predicted molar refractivity (Wildman–Crippen MR) is 89.7 cm³/mol. The summed E-state index contributed by atoms with van der Waals surface area (Å²) in [6.07, 6.45) is 0.703. The smallest absolute Gasteiger partial charge is 0.408 e. The first-order valence-corrected chi connectivity index (χ1v) is 7.66.